The number of likely N-dealkylation sites (tertiary alicyclic amines) is 1. The minimum atomic E-state index is 0.343. The number of rotatable bonds is 4. The highest BCUT2D eigenvalue weighted by molar-refractivity contribution is 4.89. The molecule has 0 saturated carbocycles. The standard InChI is InChI=1S/C15H32N2/c1-7-16-13-8-10-17(11-9-13)15(5,6)12-14(2,3)4/h13,16H,7-12H2,1-6H3. The van der Waals surface area contributed by atoms with Gasteiger partial charge in [0.15, 0.2) is 0 Å². The third kappa shape index (κ3) is 4.97. The third-order valence-electron chi connectivity index (χ3n) is 3.81. The smallest absolute Gasteiger partial charge is 0.0158 e. The summed E-state index contributed by atoms with van der Waals surface area (Å²) in [4.78, 5) is 2.69. The summed E-state index contributed by atoms with van der Waals surface area (Å²) < 4.78 is 0. The zero-order valence-electron chi connectivity index (χ0n) is 12.8. The predicted octanol–water partition coefficient (Wildman–Crippen LogP) is 3.28. The van der Waals surface area contributed by atoms with E-state index in [1.54, 1.807) is 0 Å². The molecule has 1 fully saturated rings. The van der Waals surface area contributed by atoms with Crippen LogP contribution in [-0.2, 0) is 0 Å². The average Bonchev–Trinajstić information content (AvgIpc) is 2.15. The molecule has 0 aromatic heterocycles. The van der Waals surface area contributed by atoms with Crippen LogP contribution < -0.4 is 5.32 Å². The summed E-state index contributed by atoms with van der Waals surface area (Å²) >= 11 is 0. The molecule has 17 heavy (non-hydrogen) atoms. The second-order valence-electron chi connectivity index (χ2n) is 7.37. The van der Waals surface area contributed by atoms with Gasteiger partial charge in [0.05, 0.1) is 0 Å². The van der Waals surface area contributed by atoms with Crippen LogP contribution >= 0.6 is 0 Å². The molecular formula is C15H32N2. The van der Waals surface area contributed by atoms with E-state index in [9.17, 15) is 0 Å². The number of nitrogens with zero attached hydrogens (tertiary/aromatic N) is 1. The maximum absolute atomic E-state index is 3.58. The largest absolute Gasteiger partial charge is 0.314 e. The van der Waals surface area contributed by atoms with Crippen molar-refractivity contribution in [2.75, 3.05) is 19.6 Å². The minimum absolute atomic E-state index is 0.343. The molecule has 1 heterocycles. The Hall–Kier alpha value is -0.0800. The zero-order chi connectivity index (χ0) is 13.1. The molecule has 0 aromatic carbocycles. The molecule has 0 amide bonds. The van der Waals surface area contributed by atoms with Gasteiger partial charge in [-0.2, -0.15) is 0 Å². The Balaban J connectivity index is 2.47. The lowest BCUT2D eigenvalue weighted by atomic mass is 9.80. The fourth-order valence-corrected chi connectivity index (χ4v) is 3.39. The lowest BCUT2D eigenvalue weighted by Gasteiger charge is -2.45. The molecule has 0 aromatic rings. The highest BCUT2D eigenvalue weighted by Gasteiger charge is 2.33. The van der Waals surface area contributed by atoms with Crippen molar-refractivity contribution < 1.29 is 0 Å². The van der Waals surface area contributed by atoms with Crippen molar-refractivity contribution in [3.63, 3.8) is 0 Å². The number of hydrogen-bond acceptors (Lipinski definition) is 2. The number of piperidine rings is 1. The van der Waals surface area contributed by atoms with Crippen LogP contribution in [0, 0.1) is 5.41 Å². The van der Waals surface area contributed by atoms with Gasteiger partial charge in [-0.05, 0) is 45.1 Å². The van der Waals surface area contributed by atoms with Crippen molar-refractivity contribution in [3.8, 4) is 0 Å². The molecule has 0 spiro atoms. The van der Waals surface area contributed by atoms with Crippen LogP contribution in [0.25, 0.3) is 0 Å². The highest BCUT2D eigenvalue weighted by Crippen LogP contribution is 2.32. The van der Waals surface area contributed by atoms with Gasteiger partial charge in [0.1, 0.15) is 0 Å². The van der Waals surface area contributed by atoms with Gasteiger partial charge in [0, 0.05) is 24.7 Å². The van der Waals surface area contributed by atoms with Crippen LogP contribution in [0.15, 0.2) is 0 Å². The summed E-state index contributed by atoms with van der Waals surface area (Å²) in [7, 11) is 0. The van der Waals surface area contributed by atoms with E-state index in [2.05, 4.69) is 51.8 Å². The maximum Gasteiger partial charge on any atom is 0.0158 e. The fraction of sp³-hybridized carbons (Fsp3) is 1.00. The fourth-order valence-electron chi connectivity index (χ4n) is 3.39. The van der Waals surface area contributed by atoms with E-state index in [1.807, 2.05) is 0 Å². The van der Waals surface area contributed by atoms with Crippen LogP contribution in [0.4, 0.5) is 0 Å². The Morgan fingerprint density at radius 1 is 1.06 bits per heavy atom. The molecule has 1 aliphatic rings. The van der Waals surface area contributed by atoms with E-state index in [4.69, 9.17) is 0 Å². The lowest BCUT2D eigenvalue weighted by molar-refractivity contribution is 0.0508. The summed E-state index contributed by atoms with van der Waals surface area (Å²) in [5.74, 6) is 0. The predicted molar refractivity (Wildman–Crippen MR) is 76.4 cm³/mol. The molecule has 0 aliphatic carbocycles. The maximum atomic E-state index is 3.58. The van der Waals surface area contributed by atoms with Crippen molar-refractivity contribution >= 4 is 0 Å². The van der Waals surface area contributed by atoms with E-state index in [1.165, 1.54) is 32.4 Å². The first-order chi connectivity index (χ1) is 7.74. The third-order valence-corrected chi connectivity index (χ3v) is 3.81. The van der Waals surface area contributed by atoms with Gasteiger partial charge in [0.2, 0.25) is 0 Å². The lowest BCUT2D eigenvalue weighted by Crippen LogP contribution is -2.52. The van der Waals surface area contributed by atoms with E-state index in [0.29, 0.717) is 11.0 Å². The van der Waals surface area contributed by atoms with E-state index in [0.717, 1.165) is 12.6 Å². The first kappa shape index (κ1) is 15.0. The molecule has 2 nitrogen and oxygen atoms in total. The molecule has 102 valence electrons. The Kier molecular flexibility index (Phi) is 5.03. The summed E-state index contributed by atoms with van der Waals surface area (Å²) in [6, 6.07) is 0.752. The molecule has 1 N–H and O–H groups in total. The SMILES string of the molecule is CCNC1CCN(C(C)(C)CC(C)(C)C)CC1. The van der Waals surface area contributed by atoms with Gasteiger partial charge in [-0.25, -0.2) is 0 Å². The van der Waals surface area contributed by atoms with E-state index < -0.39 is 0 Å². The van der Waals surface area contributed by atoms with Crippen molar-refractivity contribution in [1.82, 2.24) is 10.2 Å². The second-order valence-corrected chi connectivity index (χ2v) is 7.37. The summed E-state index contributed by atoms with van der Waals surface area (Å²) in [5.41, 5.74) is 0.761. The topological polar surface area (TPSA) is 15.3 Å². The molecule has 0 radical (unpaired) electrons. The molecule has 1 saturated heterocycles. The van der Waals surface area contributed by atoms with Gasteiger partial charge >= 0.3 is 0 Å². The summed E-state index contributed by atoms with van der Waals surface area (Å²) in [5, 5.41) is 3.58. The number of hydrogen-bond donors (Lipinski definition) is 1. The molecular weight excluding hydrogens is 208 g/mol. The molecule has 0 unspecified atom stereocenters. The van der Waals surface area contributed by atoms with E-state index in [-0.39, 0.29) is 0 Å². The van der Waals surface area contributed by atoms with E-state index >= 15 is 0 Å². The van der Waals surface area contributed by atoms with Crippen LogP contribution in [0.1, 0.15) is 60.8 Å². The first-order valence-electron chi connectivity index (χ1n) is 7.23. The quantitative estimate of drug-likeness (QED) is 0.811. The summed E-state index contributed by atoms with van der Waals surface area (Å²) in [6.07, 6.45) is 3.88. The van der Waals surface area contributed by atoms with Crippen molar-refractivity contribution in [3.05, 3.63) is 0 Å². The zero-order valence-corrected chi connectivity index (χ0v) is 12.8. The normalized spacial score (nSPS) is 20.8. The van der Waals surface area contributed by atoms with Crippen LogP contribution in [0.3, 0.4) is 0 Å². The highest BCUT2D eigenvalue weighted by atomic mass is 15.2. The monoisotopic (exact) mass is 240 g/mol. The Labute approximate surface area is 108 Å². The van der Waals surface area contributed by atoms with Crippen LogP contribution in [-0.4, -0.2) is 36.1 Å². The molecule has 2 heteroatoms. The van der Waals surface area contributed by atoms with Gasteiger partial charge in [-0.3, -0.25) is 4.90 Å². The Morgan fingerprint density at radius 3 is 2.00 bits per heavy atom. The van der Waals surface area contributed by atoms with Gasteiger partial charge in [0.25, 0.3) is 0 Å². The second kappa shape index (κ2) is 5.71. The number of nitrogens with one attached hydrogen (secondary N) is 1. The Morgan fingerprint density at radius 2 is 1.59 bits per heavy atom. The molecule has 0 bridgehead atoms. The summed E-state index contributed by atoms with van der Waals surface area (Å²) in [6.45, 7) is 17.7. The van der Waals surface area contributed by atoms with Crippen LogP contribution in [0.2, 0.25) is 0 Å². The molecule has 1 aliphatic heterocycles. The van der Waals surface area contributed by atoms with Crippen molar-refractivity contribution in [2.45, 2.75) is 72.4 Å². The van der Waals surface area contributed by atoms with Gasteiger partial charge < -0.3 is 5.32 Å². The van der Waals surface area contributed by atoms with Crippen LogP contribution in [0.5, 0.6) is 0 Å². The van der Waals surface area contributed by atoms with Crippen molar-refractivity contribution in [2.24, 2.45) is 5.41 Å². The molecule has 1 rings (SSSR count). The van der Waals surface area contributed by atoms with Gasteiger partial charge in [-0.15, -0.1) is 0 Å². The van der Waals surface area contributed by atoms with Crippen molar-refractivity contribution in [1.29, 1.82) is 0 Å². The van der Waals surface area contributed by atoms with Gasteiger partial charge in [-0.1, -0.05) is 27.7 Å². The molecule has 0 atom stereocenters. The minimum Gasteiger partial charge on any atom is -0.314 e. The Bertz CT molecular complexity index is 220. The first-order valence-corrected chi connectivity index (χ1v) is 7.23. The average molecular weight is 240 g/mol.